The van der Waals surface area contributed by atoms with Gasteiger partial charge >= 0.3 is 6.09 Å². The highest BCUT2D eigenvalue weighted by Gasteiger charge is 2.43. The van der Waals surface area contributed by atoms with Gasteiger partial charge in [0.2, 0.25) is 0 Å². The Kier molecular flexibility index (Phi) is 3.76. The van der Waals surface area contributed by atoms with Crippen LogP contribution in [-0.2, 0) is 4.74 Å². The average Bonchev–Trinajstić information content (AvgIpc) is 2.48. The summed E-state index contributed by atoms with van der Waals surface area (Å²) in [6.45, 7) is 3.56. The molecule has 1 amide bonds. The molecule has 2 aliphatic heterocycles. The van der Waals surface area contributed by atoms with Crippen LogP contribution < -0.4 is 10.5 Å². The zero-order valence-corrected chi connectivity index (χ0v) is 12.4. The van der Waals surface area contributed by atoms with Crippen LogP contribution in [0.1, 0.15) is 37.8 Å². The minimum atomic E-state index is -0.239. The quantitative estimate of drug-likeness (QED) is 0.863. The van der Waals surface area contributed by atoms with Gasteiger partial charge in [-0.15, -0.1) is 0 Å². The second kappa shape index (κ2) is 5.56. The summed E-state index contributed by atoms with van der Waals surface area (Å²) in [5.74, 6) is 0.890. The Morgan fingerprint density at radius 1 is 1.43 bits per heavy atom. The van der Waals surface area contributed by atoms with Crippen LogP contribution >= 0.6 is 0 Å². The summed E-state index contributed by atoms with van der Waals surface area (Å²) >= 11 is 0. The summed E-state index contributed by atoms with van der Waals surface area (Å²) in [6, 6.07) is 7.97. The molecule has 114 valence electrons. The fourth-order valence-electron chi connectivity index (χ4n) is 3.28. The molecule has 1 atom stereocenters. The first-order valence-electron chi connectivity index (χ1n) is 7.59. The largest absolute Gasteiger partial charge is 0.487 e. The molecule has 0 radical (unpaired) electrons. The Hall–Kier alpha value is -1.75. The number of nitrogens with two attached hydrogens (primary N) is 1. The lowest BCUT2D eigenvalue weighted by molar-refractivity contribution is -0.0205. The Labute approximate surface area is 125 Å². The van der Waals surface area contributed by atoms with Crippen molar-refractivity contribution in [2.75, 3.05) is 19.7 Å². The maximum absolute atomic E-state index is 11.8. The van der Waals surface area contributed by atoms with Gasteiger partial charge < -0.3 is 20.1 Å². The van der Waals surface area contributed by atoms with Gasteiger partial charge in [0.1, 0.15) is 11.4 Å². The minimum absolute atomic E-state index is 0.00379. The number of benzene rings is 1. The van der Waals surface area contributed by atoms with Gasteiger partial charge in [0, 0.05) is 44.0 Å². The molecule has 0 saturated carbocycles. The molecule has 2 heterocycles. The molecule has 0 aromatic heterocycles. The van der Waals surface area contributed by atoms with Crippen molar-refractivity contribution < 1.29 is 14.3 Å². The van der Waals surface area contributed by atoms with E-state index in [1.54, 1.807) is 4.90 Å². The lowest BCUT2D eigenvalue weighted by atomic mass is 9.81. The molecule has 1 unspecified atom stereocenters. The maximum Gasteiger partial charge on any atom is 0.409 e. The van der Waals surface area contributed by atoms with Crippen LogP contribution in [0.15, 0.2) is 24.3 Å². The van der Waals surface area contributed by atoms with Crippen molar-refractivity contribution >= 4 is 6.09 Å². The van der Waals surface area contributed by atoms with Crippen LogP contribution in [0.25, 0.3) is 0 Å². The number of rotatable bonds is 1. The summed E-state index contributed by atoms with van der Waals surface area (Å²) in [4.78, 5) is 13.5. The summed E-state index contributed by atoms with van der Waals surface area (Å²) in [5.41, 5.74) is 7.15. The summed E-state index contributed by atoms with van der Waals surface area (Å²) in [6.07, 6.45) is 2.18. The molecule has 0 bridgehead atoms. The van der Waals surface area contributed by atoms with Crippen LogP contribution in [-0.4, -0.2) is 36.3 Å². The van der Waals surface area contributed by atoms with E-state index in [0.29, 0.717) is 19.7 Å². The molecule has 0 aliphatic carbocycles. The summed E-state index contributed by atoms with van der Waals surface area (Å²) < 4.78 is 11.3. The van der Waals surface area contributed by atoms with Gasteiger partial charge in [-0.2, -0.15) is 0 Å². The zero-order valence-electron chi connectivity index (χ0n) is 12.4. The first-order valence-corrected chi connectivity index (χ1v) is 7.59. The van der Waals surface area contributed by atoms with Gasteiger partial charge in [-0.3, -0.25) is 0 Å². The van der Waals surface area contributed by atoms with Crippen molar-refractivity contribution in [1.29, 1.82) is 0 Å². The van der Waals surface area contributed by atoms with E-state index >= 15 is 0 Å². The SMILES string of the molecule is CCOC(=O)N1CCC2(CC1)CC(N)c1ccccc1O2. The smallest absolute Gasteiger partial charge is 0.409 e. The topological polar surface area (TPSA) is 64.8 Å². The van der Waals surface area contributed by atoms with Gasteiger partial charge in [-0.25, -0.2) is 4.79 Å². The highest BCUT2D eigenvalue weighted by molar-refractivity contribution is 5.67. The third-order valence-corrected chi connectivity index (χ3v) is 4.44. The van der Waals surface area contributed by atoms with E-state index in [-0.39, 0.29) is 17.7 Å². The van der Waals surface area contributed by atoms with E-state index in [2.05, 4.69) is 0 Å². The molecule has 5 nitrogen and oxygen atoms in total. The molecule has 1 fully saturated rings. The number of carbonyl (C=O) groups is 1. The van der Waals surface area contributed by atoms with E-state index in [0.717, 1.165) is 30.6 Å². The molecular weight excluding hydrogens is 268 g/mol. The highest BCUT2D eigenvalue weighted by Crippen LogP contribution is 2.43. The standard InChI is InChI=1S/C16H22N2O3/c1-2-20-15(19)18-9-7-16(8-10-18)11-13(17)12-5-3-4-6-14(12)21-16/h3-6,13H,2,7-11,17H2,1H3. The molecule has 2 aliphatic rings. The second-order valence-electron chi connectivity index (χ2n) is 5.82. The first kappa shape index (κ1) is 14.2. The van der Waals surface area contributed by atoms with Crippen molar-refractivity contribution in [3.05, 3.63) is 29.8 Å². The molecule has 1 aromatic rings. The zero-order chi connectivity index (χ0) is 14.9. The predicted molar refractivity (Wildman–Crippen MR) is 79.2 cm³/mol. The number of hydrogen-bond acceptors (Lipinski definition) is 4. The number of amides is 1. The molecular formula is C16H22N2O3. The first-order chi connectivity index (χ1) is 10.1. The van der Waals surface area contributed by atoms with E-state index < -0.39 is 0 Å². The molecule has 1 saturated heterocycles. The number of carbonyl (C=O) groups excluding carboxylic acids is 1. The Morgan fingerprint density at radius 2 is 2.14 bits per heavy atom. The number of nitrogens with zero attached hydrogens (tertiary/aromatic N) is 1. The lowest BCUT2D eigenvalue weighted by Crippen LogP contribution is -2.52. The Balaban J connectivity index is 1.70. The van der Waals surface area contributed by atoms with Gasteiger partial charge in [-0.1, -0.05) is 18.2 Å². The van der Waals surface area contributed by atoms with E-state index in [4.69, 9.17) is 15.2 Å². The molecule has 21 heavy (non-hydrogen) atoms. The number of likely N-dealkylation sites (tertiary alicyclic amines) is 1. The van der Waals surface area contributed by atoms with Crippen LogP contribution in [0.5, 0.6) is 5.75 Å². The summed E-state index contributed by atoms with van der Waals surface area (Å²) in [7, 11) is 0. The van der Waals surface area contributed by atoms with Crippen LogP contribution in [0.2, 0.25) is 0 Å². The molecule has 3 rings (SSSR count). The van der Waals surface area contributed by atoms with Gasteiger partial charge in [-0.05, 0) is 13.0 Å². The van der Waals surface area contributed by atoms with Gasteiger partial charge in [0.05, 0.1) is 6.61 Å². The van der Waals surface area contributed by atoms with E-state index in [1.165, 1.54) is 0 Å². The number of hydrogen-bond donors (Lipinski definition) is 1. The highest BCUT2D eigenvalue weighted by atomic mass is 16.6. The van der Waals surface area contributed by atoms with Crippen LogP contribution in [0, 0.1) is 0 Å². The number of fused-ring (bicyclic) bond motifs is 1. The number of ether oxygens (including phenoxy) is 2. The van der Waals surface area contributed by atoms with Gasteiger partial charge in [0.15, 0.2) is 0 Å². The molecule has 5 heteroatoms. The maximum atomic E-state index is 11.8. The normalized spacial score (nSPS) is 23.3. The molecule has 2 N–H and O–H groups in total. The fourth-order valence-corrected chi connectivity index (χ4v) is 3.28. The minimum Gasteiger partial charge on any atom is -0.487 e. The Bertz CT molecular complexity index is 524. The fraction of sp³-hybridized carbons (Fsp3) is 0.562. The van der Waals surface area contributed by atoms with Crippen LogP contribution in [0.3, 0.4) is 0 Å². The Morgan fingerprint density at radius 3 is 2.86 bits per heavy atom. The molecule has 1 aromatic carbocycles. The van der Waals surface area contributed by atoms with Crippen LogP contribution in [0.4, 0.5) is 4.79 Å². The summed E-state index contributed by atoms with van der Waals surface area (Å²) in [5, 5.41) is 0. The van der Waals surface area contributed by atoms with E-state index in [1.807, 2.05) is 31.2 Å². The molecule has 1 spiro atoms. The monoisotopic (exact) mass is 290 g/mol. The van der Waals surface area contributed by atoms with Crippen molar-refractivity contribution in [2.45, 2.75) is 37.8 Å². The van der Waals surface area contributed by atoms with Crippen molar-refractivity contribution in [2.24, 2.45) is 5.73 Å². The predicted octanol–water partition coefficient (Wildman–Crippen LogP) is 2.46. The average molecular weight is 290 g/mol. The van der Waals surface area contributed by atoms with E-state index in [9.17, 15) is 4.79 Å². The number of para-hydroxylation sites is 1. The third kappa shape index (κ3) is 2.70. The van der Waals surface area contributed by atoms with Crippen molar-refractivity contribution in [1.82, 2.24) is 4.90 Å². The van der Waals surface area contributed by atoms with Crippen molar-refractivity contribution in [3.8, 4) is 5.75 Å². The second-order valence-corrected chi connectivity index (χ2v) is 5.82. The number of piperidine rings is 1. The third-order valence-electron chi connectivity index (χ3n) is 4.44. The van der Waals surface area contributed by atoms with Gasteiger partial charge in [0.25, 0.3) is 0 Å². The van der Waals surface area contributed by atoms with Crippen molar-refractivity contribution in [3.63, 3.8) is 0 Å². The lowest BCUT2D eigenvalue weighted by Gasteiger charge is -2.45.